The molecular formula is C21H26FN3. The first-order valence-electron chi connectivity index (χ1n) is 9.29. The molecule has 25 heavy (non-hydrogen) atoms. The molecule has 1 saturated heterocycles. The third-order valence-corrected chi connectivity index (χ3v) is 6.20. The first-order chi connectivity index (χ1) is 12.2. The van der Waals surface area contributed by atoms with Crippen molar-refractivity contribution in [3.8, 4) is 0 Å². The second-order valence-corrected chi connectivity index (χ2v) is 7.42. The number of aromatic nitrogens is 1. The lowest BCUT2D eigenvalue weighted by molar-refractivity contribution is 0.0283. The lowest BCUT2D eigenvalue weighted by Crippen LogP contribution is -2.54. The minimum atomic E-state index is -0.183. The van der Waals surface area contributed by atoms with Gasteiger partial charge >= 0.3 is 0 Å². The quantitative estimate of drug-likeness (QED) is 0.856. The van der Waals surface area contributed by atoms with Crippen molar-refractivity contribution in [3.63, 3.8) is 0 Å². The molecule has 0 amide bonds. The van der Waals surface area contributed by atoms with Gasteiger partial charge in [-0.2, -0.15) is 0 Å². The Morgan fingerprint density at radius 1 is 1.12 bits per heavy atom. The summed E-state index contributed by atoms with van der Waals surface area (Å²) < 4.78 is 13.8. The lowest BCUT2D eigenvalue weighted by Gasteiger charge is -2.51. The van der Waals surface area contributed by atoms with E-state index in [9.17, 15) is 4.39 Å². The molecule has 0 saturated carbocycles. The van der Waals surface area contributed by atoms with E-state index < -0.39 is 0 Å². The van der Waals surface area contributed by atoms with Crippen LogP contribution in [0.25, 0.3) is 0 Å². The van der Waals surface area contributed by atoms with E-state index in [0.717, 1.165) is 57.4 Å². The van der Waals surface area contributed by atoms with E-state index in [1.165, 1.54) is 17.3 Å². The van der Waals surface area contributed by atoms with Crippen molar-refractivity contribution >= 4 is 0 Å². The standard InChI is InChI=1S/C21H26FN3/c1-24-12-7-17-4-2-3-5-19(17)21(24)9-14-25(15-10-21)13-8-18-6-11-23-16-20(18)22/h2-6,11,16H,7-10,12-15H2,1H3. The Bertz CT molecular complexity index is 737. The summed E-state index contributed by atoms with van der Waals surface area (Å²) in [5.41, 5.74) is 4.01. The number of benzene rings is 1. The van der Waals surface area contributed by atoms with E-state index in [0.29, 0.717) is 0 Å². The number of hydrogen-bond acceptors (Lipinski definition) is 3. The van der Waals surface area contributed by atoms with Crippen LogP contribution in [0.1, 0.15) is 29.5 Å². The van der Waals surface area contributed by atoms with Crippen molar-refractivity contribution in [1.29, 1.82) is 0 Å². The molecule has 2 aliphatic rings. The highest BCUT2D eigenvalue weighted by molar-refractivity contribution is 5.37. The Hall–Kier alpha value is -1.78. The SMILES string of the molecule is CN1CCc2ccccc2C12CCN(CCc1ccncc1F)CC2. The van der Waals surface area contributed by atoms with Crippen LogP contribution in [0, 0.1) is 5.82 Å². The van der Waals surface area contributed by atoms with Gasteiger partial charge in [-0.15, -0.1) is 0 Å². The minimum Gasteiger partial charge on any atom is -0.303 e. The molecule has 1 fully saturated rings. The number of hydrogen-bond donors (Lipinski definition) is 0. The molecule has 3 nitrogen and oxygen atoms in total. The number of piperidine rings is 1. The summed E-state index contributed by atoms with van der Waals surface area (Å²) in [5.74, 6) is -0.183. The monoisotopic (exact) mass is 339 g/mol. The highest BCUT2D eigenvalue weighted by Crippen LogP contribution is 2.42. The predicted octanol–water partition coefficient (Wildman–Crippen LogP) is 3.24. The maximum Gasteiger partial charge on any atom is 0.144 e. The summed E-state index contributed by atoms with van der Waals surface area (Å²) in [6, 6.07) is 10.8. The topological polar surface area (TPSA) is 19.4 Å². The molecule has 1 aromatic heterocycles. The molecule has 4 heteroatoms. The van der Waals surface area contributed by atoms with Gasteiger partial charge in [-0.25, -0.2) is 4.39 Å². The number of likely N-dealkylation sites (tertiary alicyclic amines) is 1. The molecular weight excluding hydrogens is 313 g/mol. The van der Waals surface area contributed by atoms with Crippen LogP contribution in [-0.4, -0.2) is 48.0 Å². The molecule has 0 bridgehead atoms. The summed E-state index contributed by atoms with van der Waals surface area (Å²) >= 11 is 0. The van der Waals surface area contributed by atoms with Crippen LogP contribution in [0.2, 0.25) is 0 Å². The van der Waals surface area contributed by atoms with Gasteiger partial charge < -0.3 is 4.90 Å². The third kappa shape index (κ3) is 3.09. The van der Waals surface area contributed by atoms with E-state index in [4.69, 9.17) is 0 Å². The maximum absolute atomic E-state index is 13.8. The third-order valence-electron chi connectivity index (χ3n) is 6.20. The Morgan fingerprint density at radius 3 is 2.72 bits per heavy atom. The second kappa shape index (κ2) is 6.85. The molecule has 0 atom stereocenters. The number of halogens is 1. The number of pyridine rings is 1. The second-order valence-electron chi connectivity index (χ2n) is 7.42. The highest BCUT2D eigenvalue weighted by atomic mass is 19.1. The zero-order valence-corrected chi connectivity index (χ0v) is 14.9. The van der Waals surface area contributed by atoms with Gasteiger partial charge in [0.1, 0.15) is 5.82 Å². The molecule has 4 rings (SSSR count). The summed E-state index contributed by atoms with van der Waals surface area (Å²) in [6.07, 6.45) is 7.21. The van der Waals surface area contributed by atoms with Crippen LogP contribution in [0.15, 0.2) is 42.7 Å². The van der Waals surface area contributed by atoms with E-state index in [1.807, 2.05) is 0 Å². The van der Waals surface area contributed by atoms with Gasteiger partial charge in [-0.3, -0.25) is 9.88 Å². The van der Waals surface area contributed by atoms with Gasteiger partial charge in [0.05, 0.1) is 6.20 Å². The number of likely N-dealkylation sites (N-methyl/N-ethyl adjacent to an activating group) is 1. The summed E-state index contributed by atoms with van der Waals surface area (Å²) in [4.78, 5) is 8.88. The van der Waals surface area contributed by atoms with Gasteiger partial charge in [0.2, 0.25) is 0 Å². The summed E-state index contributed by atoms with van der Waals surface area (Å²) in [7, 11) is 2.28. The van der Waals surface area contributed by atoms with Gasteiger partial charge in [-0.05, 0) is 55.5 Å². The Kier molecular flexibility index (Phi) is 4.57. The fourth-order valence-electron chi connectivity index (χ4n) is 4.58. The van der Waals surface area contributed by atoms with E-state index in [1.54, 1.807) is 12.3 Å². The Labute approximate surface area is 149 Å². The molecule has 3 heterocycles. The molecule has 1 aromatic carbocycles. The first kappa shape index (κ1) is 16.7. The van der Waals surface area contributed by atoms with Crippen molar-refractivity contribution in [2.24, 2.45) is 0 Å². The number of rotatable bonds is 3. The first-order valence-corrected chi connectivity index (χ1v) is 9.29. The van der Waals surface area contributed by atoms with E-state index >= 15 is 0 Å². The normalized spacial score (nSPS) is 20.6. The molecule has 1 spiro atoms. The van der Waals surface area contributed by atoms with Crippen LogP contribution in [0.4, 0.5) is 4.39 Å². The molecule has 0 aliphatic carbocycles. The summed E-state index contributed by atoms with van der Waals surface area (Å²) in [5, 5.41) is 0. The van der Waals surface area contributed by atoms with Crippen molar-refractivity contribution < 1.29 is 4.39 Å². The predicted molar refractivity (Wildman–Crippen MR) is 98.0 cm³/mol. The highest BCUT2D eigenvalue weighted by Gasteiger charge is 2.42. The average molecular weight is 339 g/mol. The molecule has 2 aromatic rings. The molecule has 132 valence electrons. The van der Waals surface area contributed by atoms with Crippen molar-refractivity contribution in [2.45, 2.75) is 31.2 Å². The zero-order valence-electron chi connectivity index (χ0n) is 14.9. The van der Waals surface area contributed by atoms with Crippen LogP contribution in [-0.2, 0) is 18.4 Å². The largest absolute Gasteiger partial charge is 0.303 e. The van der Waals surface area contributed by atoms with Crippen LogP contribution < -0.4 is 0 Å². The fourth-order valence-corrected chi connectivity index (χ4v) is 4.58. The van der Waals surface area contributed by atoms with Crippen molar-refractivity contribution in [2.75, 3.05) is 33.2 Å². The maximum atomic E-state index is 13.8. The molecule has 0 N–H and O–H groups in total. The zero-order chi connectivity index (χ0) is 17.3. The van der Waals surface area contributed by atoms with Crippen molar-refractivity contribution in [1.82, 2.24) is 14.8 Å². The molecule has 2 aliphatic heterocycles. The van der Waals surface area contributed by atoms with Crippen LogP contribution in [0.3, 0.4) is 0 Å². The van der Waals surface area contributed by atoms with E-state index in [2.05, 4.69) is 46.1 Å². The van der Waals surface area contributed by atoms with Gasteiger partial charge in [0, 0.05) is 37.9 Å². The number of fused-ring (bicyclic) bond motifs is 2. The van der Waals surface area contributed by atoms with Gasteiger partial charge in [0.25, 0.3) is 0 Å². The van der Waals surface area contributed by atoms with Gasteiger partial charge in [0.15, 0.2) is 0 Å². The summed E-state index contributed by atoms with van der Waals surface area (Å²) in [6.45, 7) is 4.21. The minimum absolute atomic E-state index is 0.183. The average Bonchev–Trinajstić information content (AvgIpc) is 2.66. The lowest BCUT2D eigenvalue weighted by atomic mass is 9.74. The number of nitrogens with zero attached hydrogens (tertiary/aromatic N) is 3. The van der Waals surface area contributed by atoms with Gasteiger partial charge in [-0.1, -0.05) is 24.3 Å². The van der Waals surface area contributed by atoms with Crippen LogP contribution in [0.5, 0.6) is 0 Å². The smallest absolute Gasteiger partial charge is 0.144 e. The van der Waals surface area contributed by atoms with Crippen LogP contribution >= 0.6 is 0 Å². The fraction of sp³-hybridized carbons (Fsp3) is 0.476. The Balaban J connectivity index is 1.44. The Morgan fingerprint density at radius 2 is 1.92 bits per heavy atom. The molecule has 0 unspecified atom stereocenters. The van der Waals surface area contributed by atoms with E-state index in [-0.39, 0.29) is 11.4 Å². The van der Waals surface area contributed by atoms with Crippen molar-refractivity contribution in [3.05, 3.63) is 65.2 Å². The molecule has 0 radical (unpaired) electrons.